The Labute approximate surface area is 114 Å². The molecule has 0 spiro atoms. The number of anilines is 1. The van der Waals surface area contributed by atoms with Crippen LogP contribution in [0.4, 0.5) is 5.69 Å². The van der Waals surface area contributed by atoms with Gasteiger partial charge in [-0.3, -0.25) is 4.79 Å². The van der Waals surface area contributed by atoms with Crippen LogP contribution in [0.2, 0.25) is 0 Å². The molecule has 0 fully saturated rings. The first-order valence-electron chi connectivity index (χ1n) is 6.85. The van der Waals surface area contributed by atoms with E-state index in [0.29, 0.717) is 13.2 Å². The molecule has 1 aliphatic heterocycles. The van der Waals surface area contributed by atoms with Crippen molar-refractivity contribution in [1.82, 2.24) is 5.32 Å². The number of Topliss-reactive ketones (excluding diaryl/α,β-unsaturated/α-hetero) is 1. The van der Waals surface area contributed by atoms with Crippen molar-refractivity contribution in [2.24, 2.45) is 0 Å². The van der Waals surface area contributed by atoms with Crippen LogP contribution in [0.3, 0.4) is 0 Å². The number of carbonyl (C=O) groups is 1. The van der Waals surface area contributed by atoms with Gasteiger partial charge in [0.15, 0.2) is 5.78 Å². The second kappa shape index (κ2) is 6.68. The van der Waals surface area contributed by atoms with Crippen molar-refractivity contribution >= 4 is 11.5 Å². The molecule has 2 N–H and O–H groups in total. The zero-order chi connectivity index (χ0) is 13.7. The lowest BCUT2D eigenvalue weighted by Crippen LogP contribution is -2.36. The quantitative estimate of drug-likeness (QED) is 0.607. The largest absolute Gasteiger partial charge is 0.385 e. The van der Waals surface area contributed by atoms with Crippen molar-refractivity contribution in [2.45, 2.75) is 25.8 Å². The van der Waals surface area contributed by atoms with Gasteiger partial charge in [-0.25, -0.2) is 0 Å². The van der Waals surface area contributed by atoms with E-state index in [1.807, 2.05) is 25.1 Å². The minimum absolute atomic E-state index is 0.143. The third-order valence-electron chi connectivity index (χ3n) is 3.48. The molecule has 4 nitrogen and oxygen atoms in total. The van der Waals surface area contributed by atoms with E-state index in [0.717, 1.165) is 24.9 Å². The van der Waals surface area contributed by atoms with Gasteiger partial charge in [-0.15, -0.1) is 0 Å². The Morgan fingerprint density at radius 1 is 1.53 bits per heavy atom. The van der Waals surface area contributed by atoms with E-state index in [1.165, 1.54) is 11.3 Å². The summed E-state index contributed by atoms with van der Waals surface area (Å²) in [6.45, 7) is 4.23. The summed E-state index contributed by atoms with van der Waals surface area (Å²) in [5.74, 6) is 0.143. The molecule has 0 aliphatic carbocycles. The van der Waals surface area contributed by atoms with Crippen LogP contribution in [0.5, 0.6) is 0 Å². The molecule has 0 aromatic heterocycles. The first-order chi connectivity index (χ1) is 9.22. The van der Waals surface area contributed by atoms with Gasteiger partial charge in [0.1, 0.15) is 0 Å². The summed E-state index contributed by atoms with van der Waals surface area (Å²) in [6.07, 6.45) is 2.18. The number of aryl methyl sites for hydroxylation is 1. The van der Waals surface area contributed by atoms with E-state index in [-0.39, 0.29) is 11.8 Å². The van der Waals surface area contributed by atoms with Crippen molar-refractivity contribution < 1.29 is 9.53 Å². The van der Waals surface area contributed by atoms with Crippen LogP contribution >= 0.6 is 0 Å². The van der Waals surface area contributed by atoms with E-state index in [1.54, 1.807) is 7.11 Å². The number of benzene rings is 1. The third kappa shape index (κ3) is 3.55. The van der Waals surface area contributed by atoms with Gasteiger partial charge in [0, 0.05) is 31.5 Å². The fraction of sp³-hybridized carbons (Fsp3) is 0.533. The molecular formula is C15H22N2O2. The third-order valence-corrected chi connectivity index (χ3v) is 3.48. The molecule has 0 saturated carbocycles. The maximum Gasteiger partial charge on any atom is 0.179 e. The Kier molecular flexibility index (Phi) is 4.93. The molecule has 4 heteroatoms. The Bertz CT molecular complexity index is 446. The van der Waals surface area contributed by atoms with Gasteiger partial charge in [0.05, 0.1) is 12.6 Å². The van der Waals surface area contributed by atoms with E-state index in [2.05, 4.69) is 10.6 Å². The fourth-order valence-corrected chi connectivity index (χ4v) is 2.35. The molecule has 1 atom stereocenters. The number of hydrogen-bond donors (Lipinski definition) is 2. The van der Waals surface area contributed by atoms with Gasteiger partial charge in [-0.05, 0) is 43.5 Å². The molecule has 0 amide bonds. The monoisotopic (exact) mass is 262 g/mol. The summed E-state index contributed by atoms with van der Waals surface area (Å²) in [4.78, 5) is 12.3. The molecule has 1 unspecified atom stereocenters. The summed E-state index contributed by atoms with van der Waals surface area (Å²) in [5, 5.41) is 6.53. The van der Waals surface area contributed by atoms with Gasteiger partial charge in [0.2, 0.25) is 0 Å². The van der Waals surface area contributed by atoms with Crippen LogP contribution in [0.1, 0.15) is 29.3 Å². The molecule has 104 valence electrons. The van der Waals surface area contributed by atoms with Crippen molar-refractivity contribution in [3.8, 4) is 0 Å². The zero-order valence-electron chi connectivity index (χ0n) is 11.7. The lowest BCUT2D eigenvalue weighted by Gasteiger charge is -2.19. The average molecular weight is 262 g/mol. The van der Waals surface area contributed by atoms with Crippen LogP contribution in [0.25, 0.3) is 0 Å². The summed E-state index contributed by atoms with van der Waals surface area (Å²) >= 11 is 0. The Morgan fingerprint density at radius 2 is 2.37 bits per heavy atom. The van der Waals surface area contributed by atoms with Crippen LogP contribution in [0, 0.1) is 0 Å². The number of rotatable bonds is 6. The summed E-state index contributed by atoms with van der Waals surface area (Å²) in [7, 11) is 1.66. The predicted molar refractivity (Wildman–Crippen MR) is 76.9 cm³/mol. The Morgan fingerprint density at radius 3 is 3.16 bits per heavy atom. The highest BCUT2D eigenvalue weighted by Crippen LogP contribution is 2.23. The normalized spacial score (nSPS) is 15.5. The van der Waals surface area contributed by atoms with Gasteiger partial charge < -0.3 is 15.4 Å². The number of hydrogen-bond acceptors (Lipinski definition) is 4. The van der Waals surface area contributed by atoms with E-state index in [9.17, 15) is 4.79 Å². The maximum absolute atomic E-state index is 12.3. The predicted octanol–water partition coefficient (Wildman–Crippen LogP) is 1.85. The highest BCUT2D eigenvalue weighted by molar-refractivity contribution is 6.00. The van der Waals surface area contributed by atoms with E-state index in [4.69, 9.17) is 4.74 Å². The molecule has 1 aliphatic rings. The van der Waals surface area contributed by atoms with Crippen LogP contribution in [-0.2, 0) is 11.2 Å². The number of carbonyl (C=O) groups excluding carboxylic acids is 1. The smallest absolute Gasteiger partial charge is 0.179 e. The van der Waals surface area contributed by atoms with E-state index < -0.39 is 0 Å². The number of nitrogens with one attached hydrogen (secondary N) is 2. The molecule has 1 aromatic rings. The van der Waals surface area contributed by atoms with Gasteiger partial charge in [-0.2, -0.15) is 0 Å². The number of methoxy groups -OCH3 is 1. The summed E-state index contributed by atoms with van der Waals surface area (Å²) < 4.78 is 4.97. The molecule has 2 rings (SSSR count). The lowest BCUT2D eigenvalue weighted by molar-refractivity contribution is 0.0945. The minimum Gasteiger partial charge on any atom is -0.385 e. The molecule has 1 heterocycles. The van der Waals surface area contributed by atoms with Crippen molar-refractivity contribution in [3.05, 3.63) is 29.3 Å². The molecular weight excluding hydrogens is 240 g/mol. The minimum atomic E-state index is -0.176. The molecule has 1 aromatic carbocycles. The average Bonchev–Trinajstić information content (AvgIpc) is 2.46. The van der Waals surface area contributed by atoms with Crippen LogP contribution in [-0.4, -0.2) is 38.6 Å². The second-order valence-electron chi connectivity index (χ2n) is 4.94. The Balaban J connectivity index is 2.02. The van der Waals surface area contributed by atoms with Gasteiger partial charge >= 0.3 is 0 Å². The van der Waals surface area contributed by atoms with Crippen LogP contribution in [0.15, 0.2) is 18.2 Å². The van der Waals surface area contributed by atoms with E-state index >= 15 is 0 Å². The summed E-state index contributed by atoms with van der Waals surface area (Å²) in [6, 6.07) is 5.78. The van der Waals surface area contributed by atoms with Crippen molar-refractivity contribution in [2.75, 3.05) is 32.1 Å². The molecule has 0 saturated heterocycles. The number of ether oxygens (including phenoxy) is 1. The topological polar surface area (TPSA) is 50.4 Å². The standard InChI is InChI=1S/C15H22N2O2/c1-11(16-8-9-19-2)15(18)13-5-6-14-12(10-13)4-3-7-17-14/h5-6,10-11,16-17H,3-4,7-9H2,1-2H3. The second-order valence-corrected chi connectivity index (χ2v) is 4.94. The maximum atomic E-state index is 12.3. The molecule has 0 radical (unpaired) electrons. The first kappa shape index (κ1) is 14.0. The van der Waals surface area contributed by atoms with Gasteiger partial charge in [0.25, 0.3) is 0 Å². The zero-order valence-corrected chi connectivity index (χ0v) is 11.7. The molecule has 19 heavy (non-hydrogen) atoms. The fourth-order valence-electron chi connectivity index (χ4n) is 2.35. The lowest BCUT2D eigenvalue weighted by atomic mass is 9.97. The van der Waals surface area contributed by atoms with Crippen molar-refractivity contribution in [1.29, 1.82) is 0 Å². The van der Waals surface area contributed by atoms with Gasteiger partial charge in [-0.1, -0.05) is 0 Å². The Hall–Kier alpha value is -1.39. The number of ketones is 1. The highest BCUT2D eigenvalue weighted by atomic mass is 16.5. The SMILES string of the molecule is COCCNC(C)C(=O)c1ccc2c(c1)CCCN2. The van der Waals surface area contributed by atoms with Crippen LogP contribution < -0.4 is 10.6 Å². The molecule has 0 bridgehead atoms. The highest BCUT2D eigenvalue weighted by Gasteiger charge is 2.17. The first-order valence-corrected chi connectivity index (χ1v) is 6.85. The van der Waals surface area contributed by atoms with Crippen molar-refractivity contribution in [3.63, 3.8) is 0 Å². The summed E-state index contributed by atoms with van der Waals surface area (Å²) in [5.41, 5.74) is 3.21. The number of fused-ring (bicyclic) bond motifs is 1.